The molecule has 4 nitrogen and oxygen atoms in total. The van der Waals surface area contributed by atoms with E-state index in [1.165, 1.54) is 0 Å². The van der Waals surface area contributed by atoms with Crippen LogP contribution in [0.2, 0.25) is 0 Å². The fraction of sp³-hybridized carbons (Fsp3) is 0.308. The second-order valence-corrected chi connectivity index (χ2v) is 6.45. The number of carboxylic acids is 1. The molecule has 0 radical (unpaired) electrons. The van der Waals surface area contributed by atoms with Crippen molar-refractivity contribution in [1.29, 1.82) is 0 Å². The summed E-state index contributed by atoms with van der Waals surface area (Å²) in [5.41, 5.74) is 1.57. The van der Waals surface area contributed by atoms with E-state index in [1.54, 1.807) is 25.1 Å². The molecule has 1 N–H and O–H groups in total. The molecule has 1 aliphatic heterocycles. The number of benzene rings is 1. The minimum atomic E-state index is -3.52. The van der Waals surface area contributed by atoms with E-state index in [1.807, 2.05) is 13.0 Å². The Morgan fingerprint density at radius 1 is 1.39 bits per heavy atom. The van der Waals surface area contributed by atoms with Crippen LogP contribution >= 0.6 is 0 Å². The van der Waals surface area contributed by atoms with Crippen LogP contribution in [0.4, 0.5) is 0 Å². The molecule has 1 atom stereocenters. The number of rotatable bonds is 3. The lowest BCUT2D eigenvalue weighted by Gasteiger charge is -2.10. The molecular weight excluding hydrogens is 252 g/mol. The maximum Gasteiger partial charge on any atom is 0.303 e. The van der Waals surface area contributed by atoms with Crippen LogP contribution in [0.5, 0.6) is 0 Å². The van der Waals surface area contributed by atoms with E-state index < -0.39 is 21.7 Å². The summed E-state index contributed by atoms with van der Waals surface area (Å²) >= 11 is 0. The van der Waals surface area contributed by atoms with E-state index in [4.69, 9.17) is 5.11 Å². The maximum absolute atomic E-state index is 12.3. The van der Waals surface area contributed by atoms with Crippen molar-refractivity contribution in [2.24, 2.45) is 5.92 Å². The molecular formula is C13H14O4S. The van der Waals surface area contributed by atoms with Crippen molar-refractivity contribution >= 4 is 21.9 Å². The third-order valence-corrected chi connectivity index (χ3v) is 5.21. The van der Waals surface area contributed by atoms with Gasteiger partial charge in [0.1, 0.15) is 0 Å². The summed E-state index contributed by atoms with van der Waals surface area (Å²) < 4.78 is 24.6. The van der Waals surface area contributed by atoms with Crippen molar-refractivity contribution in [3.05, 3.63) is 34.2 Å². The smallest absolute Gasteiger partial charge is 0.303 e. The highest BCUT2D eigenvalue weighted by Gasteiger charge is 2.33. The van der Waals surface area contributed by atoms with E-state index in [2.05, 4.69) is 0 Å². The fourth-order valence-electron chi connectivity index (χ4n) is 2.19. The molecule has 0 fully saturated rings. The largest absolute Gasteiger partial charge is 0.481 e. The molecule has 1 heterocycles. The molecule has 0 aromatic heterocycles. The number of carboxylic acid groups (broad SMARTS) is 1. The zero-order valence-electron chi connectivity index (χ0n) is 10.2. The summed E-state index contributed by atoms with van der Waals surface area (Å²) in [5, 5.41) is 8.76. The van der Waals surface area contributed by atoms with Gasteiger partial charge in [0.15, 0.2) is 0 Å². The van der Waals surface area contributed by atoms with E-state index in [9.17, 15) is 13.2 Å². The van der Waals surface area contributed by atoms with Gasteiger partial charge < -0.3 is 5.11 Å². The molecule has 5 heteroatoms. The number of hydrogen-bond donors (Lipinski definition) is 1. The lowest BCUT2D eigenvalue weighted by molar-refractivity contribution is -0.137. The van der Waals surface area contributed by atoms with Gasteiger partial charge in [-0.05, 0) is 30.2 Å². The molecule has 1 aromatic carbocycles. The van der Waals surface area contributed by atoms with Gasteiger partial charge in [0.2, 0.25) is 9.84 Å². The number of aliphatic carboxylic acids is 1. The first-order valence-corrected chi connectivity index (χ1v) is 7.10. The molecule has 18 heavy (non-hydrogen) atoms. The Bertz CT molecular complexity index is 641. The Morgan fingerprint density at radius 2 is 2.06 bits per heavy atom. The van der Waals surface area contributed by atoms with Crippen molar-refractivity contribution in [1.82, 2.24) is 0 Å². The van der Waals surface area contributed by atoms with E-state index in [-0.39, 0.29) is 16.2 Å². The van der Waals surface area contributed by atoms with Crippen molar-refractivity contribution in [2.45, 2.75) is 25.2 Å². The minimum absolute atomic E-state index is 0.182. The molecule has 0 aliphatic carbocycles. The van der Waals surface area contributed by atoms with Gasteiger partial charge in [0.25, 0.3) is 0 Å². The van der Waals surface area contributed by atoms with Crippen LogP contribution in [-0.4, -0.2) is 19.5 Å². The van der Waals surface area contributed by atoms with Crippen molar-refractivity contribution in [2.75, 3.05) is 0 Å². The molecule has 1 aliphatic rings. The Kier molecular flexibility index (Phi) is 3.02. The highest BCUT2D eigenvalue weighted by atomic mass is 32.2. The van der Waals surface area contributed by atoms with Gasteiger partial charge in [-0.25, -0.2) is 8.42 Å². The second-order valence-electron chi connectivity index (χ2n) is 4.54. The molecule has 0 bridgehead atoms. The SMILES string of the molecule is Cc1cccc2c1C=C(C(C)CC(=O)O)S2(=O)=O. The van der Waals surface area contributed by atoms with Crippen LogP contribution in [0, 0.1) is 12.8 Å². The molecule has 2 rings (SSSR count). The Morgan fingerprint density at radius 3 is 2.61 bits per heavy atom. The number of carbonyl (C=O) groups is 1. The molecule has 1 aromatic rings. The maximum atomic E-state index is 12.3. The van der Waals surface area contributed by atoms with Gasteiger partial charge in [0, 0.05) is 5.92 Å². The topological polar surface area (TPSA) is 71.4 Å². The third kappa shape index (κ3) is 1.95. The third-order valence-electron chi connectivity index (χ3n) is 3.14. The fourth-order valence-corrected chi connectivity index (χ4v) is 4.10. The minimum Gasteiger partial charge on any atom is -0.481 e. The predicted octanol–water partition coefficient (Wildman–Crippen LogP) is 2.23. The summed E-state index contributed by atoms with van der Waals surface area (Å²) in [5.74, 6) is -1.51. The number of sulfone groups is 1. The van der Waals surface area contributed by atoms with Gasteiger partial charge in [-0.1, -0.05) is 19.1 Å². The van der Waals surface area contributed by atoms with Crippen molar-refractivity contribution in [3.8, 4) is 0 Å². The lowest BCUT2D eigenvalue weighted by Crippen LogP contribution is -2.12. The first-order chi connectivity index (χ1) is 8.34. The van der Waals surface area contributed by atoms with E-state index >= 15 is 0 Å². The van der Waals surface area contributed by atoms with E-state index in [0.717, 1.165) is 5.56 Å². The second kappa shape index (κ2) is 4.24. The Balaban J connectivity index is 2.51. The van der Waals surface area contributed by atoms with Crippen LogP contribution in [-0.2, 0) is 14.6 Å². The average Bonchev–Trinajstić information content (AvgIpc) is 2.51. The van der Waals surface area contributed by atoms with Gasteiger partial charge in [-0.2, -0.15) is 0 Å². The molecule has 1 unspecified atom stereocenters. The monoisotopic (exact) mass is 266 g/mol. The molecule has 0 saturated carbocycles. The highest BCUT2D eigenvalue weighted by Crippen LogP contribution is 2.38. The Hall–Kier alpha value is -1.62. The summed E-state index contributed by atoms with van der Waals surface area (Å²) in [6.07, 6.45) is 1.42. The van der Waals surface area contributed by atoms with Crippen LogP contribution in [0.3, 0.4) is 0 Å². The zero-order chi connectivity index (χ0) is 13.5. The zero-order valence-corrected chi connectivity index (χ0v) is 11.0. The summed E-state index contributed by atoms with van der Waals surface area (Å²) in [6.45, 7) is 3.47. The van der Waals surface area contributed by atoms with Crippen molar-refractivity contribution < 1.29 is 18.3 Å². The first kappa shape index (κ1) is 12.8. The summed E-state index contributed by atoms with van der Waals surface area (Å²) in [4.78, 5) is 11.2. The predicted molar refractivity (Wildman–Crippen MR) is 67.8 cm³/mol. The van der Waals surface area contributed by atoms with Crippen LogP contribution in [0.1, 0.15) is 24.5 Å². The highest BCUT2D eigenvalue weighted by molar-refractivity contribution is 7.95. The van der Waals surface area contributed by atoms with Crippen molar-refractivity contribution in [3.63, 3.8) is 0 Å². The molecule has 0 spiro atoms. The van der Waals surface area contributed by atoms with Gasteiger partial charge in [0.05, 0.1) is 16.2 Å². The number of hydrogen-bond acceptors (Lipinski definition) is 3. The molecule has 96 valence electrons. The van der Waals surface area contributed by atoms with Crippen LogP contribution in [0.25, 0.3) is 6.08 Å². The average molecular weight is 266 g/mol. The van der Waals surface area contributed by atoms with Gasteiger partial charge in [-0.3, -0.25) is 4.79 Å². The number of allylic oxidation sites excluding steroid dienone is 1. The van der Waals surface area contributed by atoms with Crippen LogP contribution < -0.4 is 0 Å². The quantitative estimate of drug-likeness (QED) is 0.910. The number of fused-ring (bicyclic) bond motifs is 1. The lowest BCUT2D eigenvalue weighted by atomic mass is 10.0. The normalized spacial score (nSPS) is 18.0. The summed E-state index contributed by atoms with van der Waals surface area (Å²) in [6, 6.07) is 5.11. The summed E-state index contributed by atoms with van der Waals surface area (Å²) in [7, 11) is -3.52. The van der Waals surface area contributed by atoms with Gasteiger partial charge in [-0.15, -0.1) is 0 Å². The molecule has 0 amide bonds. The number of aryl methyl sites for hydroxylation is 1. The van der Waals surface area contributed by atoms with Crippen LogP contribution in [0.15, 0.2) is 28.0 Å². The standard InChI is InChI=1S/C13H14O4S/c1-8-4-3-5-11-10(8)7-12(18(11,16)17)9(2)6-13(14)15/h3-5,7,9H,6H2,1-2H3,(H,14,15). The van der Waals surface area contributed by atoms with E-state index in [0.29, 0.717) is 5.56 Å². The van der Waals surface area contributed by atoms with Gasteiger partial charge >= 0.3 is 5.97 Å². The molecule has 0 saturated heterocycles. The first-order valence-electron chi connectivity index (χ1n) is 5.62. The Labute approximate surface area is 106 Å².